The number of fused-ring (bicyclic) bond motifs is 1. The highest BCUT2D eigenvalue weighted by molar-refractivity contribution is 6.30. The molecule has 24 heavy (non-hydrogen) atoms. The molecular formula is C15H10BF3N4O. The van der Waals surface area contributed by atoms with Crippen LogP contribution in [0.4, 0.5) is 24.8 Å². The van der Waals surface area contributed by atoms with Crippen LogP contribution in [-0.2, 0) is 0 Å². The summed E-state index contributed by atoms with van der Waals surface area (Å²) < 4.78 is 39.7. The van der Waals surface area contributed by atoms with Gasteiger partial charge in [-0.15, -0.1) is 0 Å². The maximum Gasteiger partial charge on any atom is 0.347 e. The Bertz CT molecular complexity index is 947. The van der Waals surface area contributed by atoms with Crippen LogP contribution in [0.25, 0.3) is 10.9 Å². The summed E-state index contributed by atoms with van der Waals surface area (Å²) in [6.45, 7) is -0.779. The SMILES string of the molecule is [B]c1cccc(N(CC(F)F)c2nc(=O)[nH]c3ccc(F)cc23)n1. The van der Waals surface area contributed by atoms with Crippen LogP contribution >= 0.6 is 0 Å². The maximum absolute atomic E-state index is 13.6. The lowest BCUT2D eigenvalue weighted by atomic mass is 10.0. The van der Waals surface area contributed by atoms with Gasteiger partial charge in [-0.3, -0.25) is 0 Å². The average molecular weight is 330 g/mol. The van der Waals surface area contributed by atoms with Gasteiger partial charge in [-0.2, -0.15) is 4.98 Å². The molecule has 2 radical (unpaired) electrons. The molecule has 3 aromatic rings. The topological polar surface area (TPSA) is 61.9 Å². The number of hydrogen-bond acceptors (Lipinski definition) is 4. The molecule has 0 fully saturated rings. The third-order valence-electron chi connectivity index (χ3n) is 3.28. The van der Waals surface area contributed by atoms with E-state index >= 15 is 0 Å². The van der Waals surface area contributed by atoms with Crippen LogP contribution in [-0.4, -0.2) is 35.8 Å². The van der Waals surface area contributed by atoms with Crippen LogP contribution in [0.5, 0.6) is 0 Å². The van der Waals surface area contributed by atoms with Gasteiger partial charge in [-0.05, 0) is 29.9 Å². The van der Waals surface area contributed by atoms with E-state index in [1.54, 1.807) is 0 Å². The van der Waals surface area contributed by atoms with E-state index in [4.69, 9.17) is 7.85 Å². The fourth-order valence-electron chi connectivity index (χ4n) is 2.33. The standard InChI is InChI=1S/C15H10BF3N4O/c16-11-2-1-3-13(21-11)23(7-12(18)19)14-9-6-8(17)4-5-10(9)20-15(24)22-14/h1-6,12H,7H2,(H,20,22,24). The second kappa shape index (κ2) is 6.35. The van der Waals surface area contributed by atoms with Crippen molar-refractivity contribution in [3.63, 3.8) is 0 Å². The van der Waals surface area contributed by atoms with Crippen LogP contribution in [0.3, 0.4) is 0 Å². The van der Waals surface area contributed by atoms with Gasteiger partial charge in [0, 0.05) is 5.39 Å². The largest absolute Gasteiger partial charge is 0.347 e. The van der Waals surface area contributed by atoms with Crippen molar-refractivity contribution in [3.05, 3.63) is 52.7 Å². The molecule has 0 saturated heterocycles. The van der Waals surface area contributed by atoms with E-state index < -0.39 is 24.5 Å². The van der Waals surface area contributed by atoms with Gasteiger partial charge < -0.3 is 9.88 Å². The van der Waals surface area contributed by atoms with Crippen molar-refractivity contribution in [1.82, 2.24) is 15.0 Å². The van der Waals surface area contributed by atoms with Crippen LogP contribution < -0.4 is 16.2 Å². The van der Waals surface area contributed by atoms with E-state index in [0.717, 1.165) is 17.0 Å². The van der Waals surface area contributed by atoms with Gasteiger partial charge >= 0.3 is 5.69 Å². The van der Waals surface area contributed by atoms with Gasteiger partial charge in [-0.1, -0.05) is 12.1 Å². The van der Waals surface area contributed by atoms with Gasteiger partial charge in [-0.25, -0.2) is 22.9 Å². The van der Waals surface area contributed by atoms with Gasteiger partial charge in [0.2, 0.25) is 0 Å². The van der Waals surface area contributed by atoms with E-state index in [-0.39, 0.29) is 28.1 Å². The first-order valence-corrected chi connectivity index (χ1v) is 6.92. The van der Waals surface area contributed by atoms with Crippen molar-refractivity contribution in [1.29, 1.82) is 0 Å². The summed E-state index contributed by atoms with van der Waals surface area (Å²) in [7, 11) is 5.60. The predicted octanol–water partition coefficient (Wildman–Crippen LogP) is 1.65. The van der Waals surface area contributed by atoms with Crippen LogP contribution in [0.1, 0.15) is 0 Å². The molecule has 0 aliphatic rings. The summed E-state index contributed by atoms with van der Waals surface area (Å²) in [5, 5.41) is 0.180. The molecule has 3 rings (SSSR count). The first kappa shape index (κ1) is 16.0. The maximum atomic E-state index is 13.6. The van der Waals surface area contributed by atoms with E-state index in [2.05, 4.69) is 15.0 Å². The lowest BCUT2D eigenvalue weighted by Gasteiger charge is -2.23. The Hall–Kier alpha value is -2.84. The smallest absolute Gasteiger partial charge is 0.305 e. The van der Waals surface area contributed by atoms with Crippen molar-refractivity contribution < 1.29 is 13.2 Å². The fourth-order valence-corrected chi connectivity index (χ4v) is 2.33. The molecule has 2 aromatic heterocycles. The van der Waals surface area contributed by atoms with Gasteiger partial charge in [0.1, 0.15) is 25.3 Å². The van der Waals surface area contributed by atoms with Crippen molar-refractivity contribution in [2.24, 2.45) is 0 Å². The molecular weight excluding hydrogens is 320 g/mol. The summed E-state index contributed by atoms with van der Waals surface area (Å²) >= 11 is 0. The summed E-state index contributed by atoms with van der Waals surface area (Å²) in [5.41, 5.74) is -0.353. The number of nitrogens with one attached hydrogen (secondary N) is 1. The third kappa shape index (κ3) is 3.24. The number of alkyl halides is 2. The lowest BCUT2D eigenvalue weighted by molar-refractivity contribution is 0.157. The number of halogens is 3. The predicted molar refractivity (Wildman–Crippen MR) is 85.0 cm³/mol. The van der Waals surface area contributed by atoms with E-state index in [1.807, 2.05) is 0 Å². The van der Waals surface area contributed by atoms with Crippen molar-refractivity contribution in [2.75, 3.05) is 11.4 Å². The Morgan fingerprint density at radius 1 is 1.21 bits per heavy atom. The fraction of sp³-hybridized carbons (Fsp3) is 0.133. The number of H-pyrrole nitrogens is 1. The normalized spacial score (nSPS) is 11.2. The Balaban J connectivity index is 2.26. The molecule has 2 heterocycles. The molecule has 0 unspecified atom stereocenters. The number of benzene rings is 1. The number of aromatic nitrogens is 3. The van der Waals surface area contributed by atoms with Gasteiger partial charge in [0.25, 0.3) is 6.43 Å². The minimum atomic E-state index is -2.74. The first-order valence-electron chi connectivity index (χ1n) is 6.92. The molecule has 0 aliphatic heterocycles. The van der Waals surface area contributed by atoms with Gasteiger partial charge in [0.15, 0.2) is 0 Å². The summed E-state index contributed by atoms with van der Waals surface area (Å²) in [5.74, 6) is -0.624. The summed E-state index contributed by atoms with van der Waals surface area (Å²) in [4.78, 5) is 23.0. The molecule has 120 valence electrons. The number of nitrogens with zero attached hydrogens (tertiary/aromatic N) is 3. The zero-order valence-corrected chi connectivity index (χ0v) is 12.2. The second-order valence-electron chi connectivity index (χ2n) is 4.98. The second-order valence-corrected chi connectivity index (χ2v) is 4.98. The molecule has 1 aromatic carbocycles. The summed E-state index contributed by atoms with van der Waals surface area (Å²) in [6, 6.07) is 8.08. The minimum absolute atomic E-state index is 0.0824. The molecule has 1 N–H and O–H groups in total. The third-order valence-corrected chi connectivity index (χ3v) is 3.28. The Kier molecular flexibility index (Phi) is 4.24. The molecule has 0 atom stereocenters. The van der Waals surface area contributed by atoms with Crippen LogP contribution in [0.15, 0.2) is 41.2 Å². The minimum Gasteiger partial charge on any atom is -0.305 e. The number of aromatic amines is 1. The van der Waals surface area contributed by atoms with Crippen molar-refractivity contribution >= 4 is 36.0 Å². The molecule has 0 aliphatic carbocycles. The highest BCUT2D eigenvalue weighted by Gasteiger charge is 2.21. The van der Waals surface area contributed by atoms with Crippen molar-refractivity contribution in [2.45, 2.75) is 6.43 Å². The highest BCUT2D eigenvalue weighted by atomic mass is 19.3. The average Bonchev–Trinajstić information content (AvgIpc) is 2.52. The van der Waals surface area contributed by atoms with Crippen molar-refractivity contribution in [3.8, 4) is 0 Å². The molecule has 0 amide bonds. The Morgan fingerprint density at radius 3 is 2.71 bits per heavy atom. The molecule has 0 saturated carbocycles. The molecule has 5 nitrogen and oxygen atoms in total. The quantitative estimate of drug-likeness (QED) is 0.739. The van der Waals surface area contributed by atoms with Crippen LogP contribution in [0, 0.1) is 5.82 Å². The number of pyridine rings is 1. The zero-order chi connectivity index (χ0) is 17.3. The monoisotopic (exact) mass is 330 g/mol. The Morgan fingerprint density at radius 2 is 2.00 bits per heavy atom. The number of hydrogen-bond donors (Lipinski definition) is 1. The molecule has 9 heteroatoms. The first-order chi connectivity index (χ1) is 11.4. The van der Waals surface area contributed by atoms with Gasteiger partial charge in [0.05, 0.1) is 12.1 Å². The van der Waals surface area contributed by atoms with E-state index in [1.165, 1.54) is 24.3 Å². The zero-order valence-electron chi connectivity index (χ0n) is 12.2. The number of anilines is 2. The van der Waals surface area contributed by atoms with Crippen LogP contribution in [0.2, 0.25) is 0 Å². The summed E-state index contributed by atoms with van der Waals surface area (Å²) in [6.07, 6.45) is -2.74. The molecule has 0 bridgehead atoms. The lowest BCUT2D eigenvalue weighted by Crippen LogP contribution is -2.29. The molecule has 0 spiro atoms. The van der Waals surface area contributed by atoms with E-state index in [9.17, 15) is 18.0 Å². The number of rotatable bonds is 4. The highest BCUT2D eigenvalue weighted by Crippen LogP contribution is 2.28. The Labute approximate surface area is 135 Å². The van der Waals surface area contributed by atoms with E-state index in [0.29, 0.717) is 0 Å².